The van der Waals surface area contributed by atoms with Crippen LogP contribution in [0.3, 0.4) is 0 Å². The highest BCUT2D eigenvalue weighted by Gasteiger charge is 2.21. The first-order valence-electron chi connectivity index (χ1n) is 9.02. The van der Waals surface area contributed by atoms with E-state index in [4.69, 9.17) is 0 Å². The Hall–Kier alpha value is -2.27. The molecule has 2 aromatic carbocycles. The van der Waals surface area contributed by atoms with Crippen molar-refractivity contribution in [3.8, 4) is 0 Å². The van der Waals surface area contributed by atoms with Gasteiger partial charge in [0.25, 0.3) is 5.91 Å². The Labute approximate surface area is 153 Å². The molecule has 5 heteroatoms. The van der Waals surface area contributed by atoms with E-state index in [-0.39, 0.29) is 5.56 Å². The third-order valence-electron chi connectivity index (χ3n) is 4.96. The summed E-state index contributed by atoms with van der Waals surface area (Å²) in [6.07, 6.45) is 1.97. The van der Waals surface area contributed by atoms with E-state index in [0.717, 1.165) is 50.7 Å². The van der Waals surface area contributed by atoms with Gasteiger partial charge in [-0.3, -0.25) is 9.69 Å². The second-order valence-electron chi connectivity index (χ2n) is 7.04. The molecule has 0 atom stereocenters. The van der Waals surface area contributed by atoms with Crippen molar-refractivity contribution in [2.75, 3.05) is 19.6 Å². The summed E-state index contributed by atoms with van der Waals surface area (Å²) in [6, 6.07) is 11.5. The van der Waals surface area contributed by atoms with E-state index in [1.165, 1.54) is 11.1 Å². The maximum absolute atomic E-state index is 13.6. The first-order chi connectivity index (χ1) is 12.5. The van der Waals surface area contributed by atoms with E-state index in [1.54, 1.807) is 0 Å². The number of aryl methyl sites for hydroxylation is 1. The fourth-order valence-corrected chi connectivity index (χ4v) is 3.30. The minimum atomic E-state index is -0.697. The Morgan fingerprint density at radius 1 is 1.12 bits per heavy atom. The fourth-order valence-electron chi connectivity index (χ4n) is 3.30. The Balaban J connectivity index is 1.44. The van der Waals surface area contributed by atoms with Gasteiger partial charge >= 0.3 is 0 Å². The van der Waals surface area contributed by atoms with Crippen molar-refractivity contribution in [1.29, 1.82) is 0 Å². The van der Waals surface area contributed by atoms with Crippen LogP contribution in [-0.4, -0.2) is 30.4 Å². The minimum absolute atomic E-state index is 0.234. The van der Waals surface area contributed by atoms with Crippen LogP contribution >= 0.6 is 0 Å². The highest BCUT2D eigenvalue weighted by atomic mass is 19.1. The molecule has 3 rings (SSSR count). The van der Waals surface area contributed by atoms with Crippen LogP contribution in [-0.2, 0) is 6.54 Å². The zero-order valence-corrected chi connectivity index (χ0v) is 15.0. The average molecular weight is 358 g/mol. The quantitative estimate of drug-likeness (QED) is 0.879. The molecular weight excluding hydrogens is 334 g/mol. The number of nitrogens with one attached hydrogen (secondary N) is 1. The number of hydrogen-bond donors (Lipinski definition) is 1. The Bertz CT molecular complexity index is 753. The van der Waals surface area contributed by atoms with Crippen molar-refractivity contribution in [2.24, 2.45) is 5.92 Å². The van der Waals surface area contributed by atoms with Gasteiger partial charge in [-0.2, -0.15) is 0 Å². The molecule has 0 radical (unpaired) electrons. The zero-order chi connectivity index (χ0) is 18.5. The molecule has 2 aromatic rings. The average Bonchev–Trinajstić information content (AvgIpc) is 2.65. The van der Waals surface area contributed by atoms with Crippen LogP contribution < -0.4 is 5.32 Å². The summed E-state index contributed by atoms with van der Waals surface area (Å²) >= 11 is 0. The van der Waals surface area contributed by atoms with Crippen molar-refractivity contribution < 1.29 is 13.6 Å². The molecule has 1 aliphatic rings. The van der Waals surface area contributed by atoms with Gasteiger partial charge in [-0.05, 0) is 62.5 Å². The normalized spacial score (nSPS) is 15.8. The number of piperidine rings is 1. The van der Waals surface area contributed by atoms with Crippen LogP contribution in [0.5, 0.6) is 0 Å². The number of carbonyl (C=O) groups is 1. The predicted molar refractivity (Wildman–Crippen MR) is 97.9 cm³/mol. The Kier molecular flexibility index (Phi) is 5.99. The van der Waals surface area contributed by atoms with E-state index in [1.807, 2.05) is 0 Å². The first kappa shape index (κ1) is 18.5. The molecule has 0 unspecified atom stereocenters. The maximum atomic E-state index is 13.6. The van der Waals surface area contributed by atoms with Gasteiger partial charge < -0.3 is 5.32 Å². The highest BCUT2D eigenvalue weighted by molar-refractivity contribution is 5.94. The lowest BCUT2D eigenvalue weighted by atomic mass is 9.96. The van der Waals surface area contributed by atoms with Crippen molar-refractivity contribution in [2.45, 2.75) is 26.3 Å². The van der Waals surface area contributed by atoms with Crippen molar-refractivity contribution >= 4 is 5.91 Å². The molecule has 1 heterocycles. The third-order valence-corrected chi connectivity index (χ3v) is 4.96. The van der Waals surface area contributed by atoms with Crippen LogP contribution in [0.1, 0.15) is 34.3 Å². The molecule has 0 bridgehead atoms. The largest absolute Gasteiger partial charge is 0.352 e. The van der Waals surface area contributed by atoms with Crippen LogP contribution in [0, 0.1) is 24.5 Å². The summed E-state index contributed by atoms with van der Waals surface area (Å²) < 4.78 is 26.8. The molecule has 1 aliphatic heterocycles. The molecule has 1 fully saturated rings. The van der Waals surface area contributed by atoms with Crippen LogP contribution in [0.4, 0.5) is 8.78 Å². The number of amides is 1. The predicted octanol–water partition coefficient (Wildman–Crippen LogP) is 3.92. The van der Waals surface area contributed by atoms with Crippen molar-refractivity contribution in [1.82, 2.24) is 10.2 Å². The number of rotatable bonds is 5. The van der Waals surface area contributed by atoms with Gasteiger partial charge in [-0.1, -0.05) is 29.8 Å². The van der Waals surface area contributed by atoms with Crippen LogP contribution in [0.2, 0.25) is 0 Å². The van der Waals surface area contributed by atoms with E-state index in [0.29, 0.717) is 12.5 Å². The van der Waals surface area contributed by atoms with E-state index < -0.39 is 17.5 Å². The fraction of sp³-hybridized carbons (Fsp3) is 0.381. The van der Waals surface area contributed by atoms with E-state index in [2.05, 4.69) is 41.4 Å². The minimum Gasteiger partial charge on any atom is -0.352 e. The molecule has 0 saturated carbocycles. The van der Waals surface area contributed by atoms with Gasteiger partial charge in [0.1, 0.15) is 11.6 Å². The third kappa shape index (κ3) is 4.88. The molecule has 1 N–H and O–H groups in total. The van der Waals surface area contributed by atoms with Gasteiger partial charge in [-0.15, -0.1) is 0 Å². The number of halogens is 2. The van der Waals surface area contributed by atoms with Gasteiger partial charge in [0, 0.05) is 13.1 Å². The number of benzene rings is 2. The summed E-state index contributed by atoms with van der Waals surface area (Å²) in [7, 11) is 0. The number of nitrogens with zero attached hydrogens (tertiary/aromatic N) is 1. The smallest absolute Gasteiger partial charge is 0.254 e. The lowest BCUT2D eigenvalue weighted by molar-refractivity contribution is 0.0930. The number of carbonyl (C=O) groups excluding carboxylic acids is 1. The summed E-state index contributed by atoms with van der Waals surface area (Å²) in [5, 5.41) is 2.74. The number of likely N-dealkylation sites (tertiary alicyclic amines) is 1. The van der Waals surface area contributed by atoms with Gasteiger partial charge in [0.15, 0.2) is 0 Å². The standard InChI is InChI=1S/C21H24F2N2O/c1-15-2-4-17(5-3-15)14-25-10-8-16(9-11-25)13-24-21(26)19-12-18(22)6-7-20(19)23/h2-7,12,16H,8-11,13-14H2,1H3,(H,24,26). The number of hydrogen-bond acceptors (Lipinski definition) is 2. The Morgan fingerprint density at radius 2 is 1.81 bits per heavy atom. The molecule has 1 amide bonds. The van der Waals surface area contributed by atoms with Gasteiger partial charge in [0.2, 0.25) is 0 Å². The summed E-state index contributed by atoms with van der Waals surface area (Å²) in [6.45, 7) is 5.46. The Morgan fingerprint density at radius 3 is 2.50 bits per heavy atom. The molecular formula is C21H24F2N2O. The second-order valence-corrected chi connectivity index (χ2v) is 7.04. The summed E-state index contributed by atoms with van der Waals surface area (Å²) in [5.74, 6) is -1.49. The molecule has 26 heavy (non-hydrogen) atoms. The zero-order valence-electron chi connectivity index (χ0n) is 15.0. The SMILES string of the molecule is Cc1ccc(CN2CCC(CNC(=O)c3cc(F)ccc3F)CC2)cc1. The molecule has 0 spiro atoms. The summed E-state index contributed by atoms with van der Waals surface area (Å²) in [4.78, 5) is 14.5. The first-order valence-corrected chi connectivity index (χ1v) is 9.02. The highest BCUT2D eigenvalue weighted by Crippen LogP contribution is 2.19. The lowest BCUT2D eigenvalue weighted by Gasteiger charge is -2.32. The summed E-state index contributed by atoms with van der Waals surface area (Å²) in [5.41, 5.74) is 2.34. The molecule has 138 valence electrons. The monoisotopic (exact) mass is 358 g/mol. The topological polar surface area (TPSA) is 32.3 Å². The van der Waals surface area contributed by atoms with Crippen LogP contribution in [0.15, 0.2) is 42.5 Å². The second kappa shape index (κ2) is 8.41. The van der Waals surface area contributed by atoms with E-state index >= 15 is 0 Å². The van der Waals surface area contributed by atoms with Gasteiger partial charge in [0.05, 0.1) is 5.56 Å². The van der Waals surface area contributed by atoms with Crippen LogP contribution in [0.25, 0.3) is 0 Å². The maximum Gasteiger partial charge on any atom is 0.254 e. The van der Waals surface area contributed by atoms with E-state index in [9.17, 15) is 13.6 Å². The lowest BCUT2D eigenvalue weighted by Crippen LogP contribution is -2.38. The molecule has 1 saturated heterocycles. The molecule has 0 aromatic heterocycles. The van der Waals surface area contributed by atoms with Crippen molar-refractivity contribution in [3.05, 3.63) is 70.8 Å². The van der Waals surface area contributed by atoms with Gasteiger partial charge in [-0.25, -0.2) is 8.78 Å². The molecule has 3 nitrogen and oxygen atoms in total. The van der Waals surface area contributed by atoms with Crippen molar-refractivity contribution in [3.63, 3.8) is 0 Å². The molecule has 0 aliphatic carbocycles.